The minimum absolute atomic E-state index is 0.160. The molecule has 2 N–H and O–H groups in total. The van der Waals surface area contributed by atoms with Crippen LogP contribution in [0.3, 0.4) is 0 Å². The van der Waals surface area contributed by atoms with Crippen LogP contribution in [0.15, 0.2) is 0 Å². The lowest BCUT2D eigenvalue weighted by molar-refractivity contribution is -0.123. The van der Waals surface area contributed by atoms with Crippen LogP contribution in [0.5, 0.6) is 0 Å². The van der Waals surface area contributed by atoms with E-state index in [1.807, 2.05) is 13.8 Å². The van der Waals surface area contributed by atoms with Crippen LogP contribution < -0.4 is 10.6 Å². The molecule has 0 radical (unpaired) electrons. The van der Waals surface area contributed by atoms with Crippen molar-refractivity contribution in [3.63, 3.8) is 0 Å². The second-order valence-electron chi connectivity index (χ2n) is 4.65. The SMILES string of the molecule is CC(C)NC(=O)CN1CC2CC1CN2. The Bertz CT molecular complexity index is 229. The fourth-order valence-corrected chi connectivity index (χ4v) is 2.39. The van der Waals surface area contributed by atoms with Gasteiger partial charge in [0.05, 0.1) is 6.54 Å². The predicted molar refractivity (Wildman–Crippen MR) is 55.0 cm³/mol. The standard InChI is InChI=1S/C10H19N3O/c1-7(2)12-10(14)6-13-5-8-3-9(13)4-11-8/h7-9,11H,3-6H2,1-2H3,(H,12,14). The largest absolute Gasteiger partial charge is 0.353 e. The molecule has 2 bridgehead atoms. The fraction of sp³-hybridized carbons (Fsp3) is 0.900. The van der Waals surface area contributed by atoms with E-state index < -0.39 is 0 Å². The Hall–Kier alpha value is -0.610. The molecule has 4 nitrogen and oxygen atoms in total. The van der Waals surface area contributed by atoms with Crippen LogP contribution in [-0.4, -0.2) is 48.6 Å². The minimum atomic E-state index is 0.160. The van der Waals surface area contributed by atoms with Gasteiger partial charge in [0.15, 0.2) is 0 Å². The van der Waals surface area contributed by atoms with Gasteiger partial charge in [-0.1, -0.05) is 0 Å². The molecule has 2 aliphatic heterocycles. The van der Waals surface area contributed by atoms with E-state index in [1.54, 1.807) is 0 Å². The molecule has 2 aliphatic rings. The van der Waals surface area contributed by atoms with Crippen LogP contribution in [0.1, 0.15) is 20.3 Å². The summed E-state index contributed by atoms with van der Waals surface area (Å²) in [6.45, 7) is 6.65. The smallest absolute Gasteiger partial charge is 0.234 e. The summed E-state index contributed by atoms with van der Waals surface area (Å²) < 4.78 is 0. The lowest BCUT2D eigenvalue weighted by Crippen LogP contribution is -2.48. The molecule has 14 heavy (non-hydrogen) atoms. The van der Waals surface area contributed by atoms with Crippen molar-refractivity contribution in [2.24, 2.45) is 0 Å². The van der Waals surface area contributed by atoms with Crippen LogP contribution in [0.4, 0.5) is 0 Å². The minimum Gasteiger partial charge on any atom is -0.353 e. The van der Waals surface area contributed by atoms with Gasteiger partial charge in [0, 0.05) is 31.2 Å². The number of amides is 1. The van der Waals surface area contributed by atoms with Gasteiger partial charge < -0.3 is 10.6 Å². The number of hydrogen-bond acceptors (Lipinski definition) is 3. The number of nitrogens with zero attached hydrogens (tertiary/aromatic N) is 1. The Morgan fingerprint density at radius 2 is 2.43 bits per heavy atom. The third-order valence-electron chi connectivity index (χ3n) is 2.97. The number of carbonyl (C=O) groups excluding carboxylic acids is 1. The highest BCUT2D eigenvalue weighted by molar-refractivity contribution is 5.78. The summed E-state index contributed by atoms with van der Waals surface area (Å²) in [5.74, 6) is 0.160. The zero-order valence-corrected chi connectivity index (χ0v) is 8.92. The van der Waals surface area contributed by atoms with Gasteiger partial charge in [0.25, 0.3) is 0 Å². The number of piperazine rings is 1. The molecule has 1 amide bonds. The molecule has 2 fully saturated rings. The van der Waals surface area contributed by atoms with Crippen LogP contribution in [0, 0.1) is 0 Å². The van der Waals surface area contributed by atoms with Crippen molar-refractivity contribution in [2.75, 3.05) is 19.6 Å². The first kappa shape index (κ1) is 9.93. The lowest BCUT2D eigenvalue weighted by atomic mass is 10.2. The van der Waals surface area contributed by atoms with Gasteiger partial charge in [0.2, 0.25) is 5.91 Å². The van der Waals surface area contributed by atoms with E-state index in [-0.39, 0.29) is 11.9 Å². The number of likely N-dealkylation sites (tertiary alicyclic amines) is 1. The predicted octanol–water partition coefficient (Wildman–Crippen LogP) is -0.443. The van der Waals surface area contributed by atoms with Crippen LogP contribution in [0.2, 0.25) is 0 Å². The van der Waals surface area contributed by atoms with E-state index in [0.29, 0.717) is 18.6 Å². The highest BCUT2D eigenvalue weighted by atomic mass is 16.2. The summed E-state index contributed by atoms with van der Waals surface area (Å²) in [7, 11) is 0. The van der Waals surface area contributed by atoms with E-state index in [2.05, 4.69) is 15.5 Å². The highest BCUT2D eigenvalue weighted by Crippen LogP contribution is 2.22. The van der Waals surface area contributed by atoms with Crippen molar-refractivity contribution in [1.82, 2.24) is 15.5 Å². The molecule has 4 heteroatoms. The summed E-state index contributed by atoms with van der Waals surface area (Å²) in [5.41, 5.74) is 0. The summed E-state index contributed by atoms with van der Waals surface area (Å²) in [6.07, 6.45) is 1.22. The van der Waals surface area contributed by atoms with Crippen molar-refractivity contribution < 1.29 is 4.79 Å². The molecule has 2 atom stereocenters. The average Bonchev–Trinajstić information content (AvgIpc) is 2.62. The molecule has 2 unspecified atom stereocenters. The molecule has 0 aromatic carbocycles. The molecule has 2 heterocycles. The van der Waals surface area contributed by atoms with Crippen molar-refractivity contribution >= 4 is 5.91 Å². The van der Waals surface area contributed by atoms with Crippen molar-refractivity contribution in [1.29, 1.82) is 0 Å². The first-order valence-electron chi connectivity index (χ1n) is 5.42. The molecule has 2 saturated heterocycles. The van der Waals surface area contributed by atoms with E-state index in [4.69, 9.17) is 0 Å². The average molecular weight is 197 g/mol. The topological polar surface area (TPSA) is 44.4 Å². The number of fused-ring (bicyclic) bond motifs is 2. The second kappa shape index (κ2) is 3.87. The summed E-state index contributed by atoms with van der Waals surface area (Å²) in [4.78, 5) is 13.8. The molecular formula is C10H19N3O. The molecule has 0 aromatic heterocycles. The third-order valence-corrected chi connectivity index (χ3v) is 2.97. The molecule has 0 saturated carbocycles. The first-order chi connectivity index (χ1) is 6.65. The molecular weight excluding hydrogens is 178 g/mol. The quantitative estimate of drug-likeness (QED) is 0.644. The zero-order valence-electron chi connectivity index (χ0n) is 8.92. The van der Waals surface area contributed by atoms with Gasteiger partial charge in [-0.05, 0) is 20.3 Å². The normalized spacial score (nSPS) is 31.4. The van der Waals surface area contributed by atoms with Gasteiger partial charge in [-0.3, -0.25) is 9.69 Å². The monoisotopic (exact) mass is 197 g/mol. The number of hydrogen-bond donors (Lipinski definition) is 2. The second-order valence-corrected chi connectivity index (χ2v) is 4.65. The highest BCUT2D eigenvalue weighted by Gasteiger charge is 2.37. The maximum Gasteiger partial charge on any atom is 0.234 e. The number of nitrogens with one attached hydrogen (secondary N) is 2. The number of rotatable bonds is 3. The summed E-state index contributed by atoms with van der Waals surface area (Å²) >= 11 is 0. The summed E-state index contributed by atoms with van der Waals surface area (Å²) in [5, 5.41) is 6.35. The maximum atomic E-state index is 11.5. The van der Waals surface area contributed by atoms with Gasteiger partial charge in [-0.15, -0.1) is 0 Å². The molecule has 80 valence electrons. The lowest BCUT2D eigenvalue weighted by Gasteiger charge is -2.26. The van der Waals surface area contributed by atoms with Gasteiger partial charge >= 0.3 is 0 Å². The number of carbonyl (C=O) groups is 1. The Kier molecular flexibility index (Phi) is 2.74. The van der Waals surface area contributed by atoms with E-state index in [9.17, 15) is 4.79 Å². The van der Waals surface area contributed by atoms with E-state index >= 15 is 0 Å². The van der Waals surface area contributed by atoms with Crippen LogP contribution in [-0.2, 0) is 4.79 Å². The van der Waals surface area contributed by atoms with E-state index in [1.165, 1.54) is 6.42 Å². The Morgan fingerprint density at radius 3 is 2.93 bits per heavy atom. The van der Waals surface area contributed by atoms with Gasteiger partial charge in [-0.25, -0.2) is 0 Å². The fourth-order valence-electron chi connectivity index (χ4n) is 2.39. The van der Waals surface area contributed by atoms with Crippen molar-refractivity contribution in [2.45, 2.75) is 38.4 Å². The Labute approximate surface area is 85.0 Å². The molecule has 0 spiro atoms. The molecule has 0 aromatic rings. The maximum absolute atomic E-state index is 11.5. The van der Waals surface area contributed by atoms with Crippen LogP contribution in [0.25, 0.3) is 0 Å². The molecule has 2 rings (SSSR count). The van der Waals surface area contributed by atoms with Crippen molar-refractivity contribution in [3.05, 3.63) is 0 Å². The van der Waals surface area contributed by atoms with Gasteiger partial charge in [-0.2, -0.15) is 0 Å². The van der Waals surface area contributed by atoms with E-state index in [0.717, 1.165) is 13.1 Å². The zero-order chi connectivity index (χ0) is 10.1. The summed E-state index contributed by atoms with van der Waals surface area (Å²) in [6, 6.07) is 1.48. The Balaban J connectivity index is 1.78. The van der Waals surface area contributed by atoms with Crippen LogP contribution >= 0.6 is 0 Å². The van der Waals surface area contributed by atoms with Gasteiger partial charge in [0.1, 0.15) is 0 Å². The first-order valence-corrected chi connectivity index (χ1v) is 5.42. The molecule has 0 aliphatic carbocycles. The third kappa shape index (κ3) is 2.07. The van der Waals surface area contributed by atoms with Crippen molar-refractivity contribution in [3.8, 4) is 0 Å². The Morgan fingerprint density at radius 1 is 1.64 bits per heavy atom.